The van der Waals surface area contributed by atoms with Gasteiger partial charge < -0.3 is 11.1 Å². The first-order chi connectivity index (χ1) is 7.99. The van der Waals surface area contributed by atoms with Crippen molar-refractivity contribution in [3.8, 4) is 0 Å². The Labute approximate surface area is 104 Å². The second-order valence-electron chi connectivity index (χ2n) is 4.48. The summed E-state index contributed by atoms with van der Waals surface area (Å²) in [5, 5.41) is 2.87. The molecule has 0 unspecified atom stereocenters. The normalized spacial score (nSPS) is 18.1. The lowest BCUT2D eigenvalue weighted by molar-refractivity contribution is -0.121. The van der Waals surface area contributed by atoms with Crippen molar-refractivity contribution in [2.75, 3.05) is 5.32 Å². The Morgan fingerprint density at radius 2 is 2.00 bits per heavy atom. The highest BCUT2D eigenvalue weighted by Crippen LogP contribution is 2.29. The molecule has 1 aromatic rings. The fraction of sp³-hybridized carbons (Fsp3) is 0.417. The molecule has 3 nitrogen and oxygen atoms in total. The van der Waals surface area contributed by atoms with E-state index in [0.717, 1.165) is 12.8 Å². The van der Waals surface area contributed by atoms with E-state index in [2.05, 4.69) is 5.32 Å². The number of amides is 1. The van der Waals surface area contributed by atoms with Gasteiger partial charge in [0.15, 0.2) is 0 Å². The van der Waals surface area contributed by atoms with Gasteiger partial charge in [-0.15, -0.1) is 0 Å². The Kier molecular flexibility index (Phi) is 3.35. The largest absolute Gasteiger partial charge is 0.324 e. The van der Waals surface area contributed by atoms with Crippen LogP contribution in [0.15, 0.2) is 18.2 Å². The van der Waals surface area contributed by atoms with Crippen molar-refractivity contribution in [3.63, 3.8) is 0 Å². The molecule has 0 atom stereocenters. The summed E-state index contributed by atoms with van der Waals surface area (Å²) in [4.78, 5) is 12.0. The Morgan fingerprint density at radius 3 is 2.59 bits per heavy atom. The summed E-state index contributed by atoms with van der Waals surface area (Å²) >= 11 is 5.71. The zero-order chi connectivity index (χ0) is 12.5. The SMILES string of the molecule is NC1(C(=O)Nc2cc(F)cc(Cl)c2)CCCC1. The Bertz CT molecular complexity index is 424. The maximum Gasteiger partial charge on any atom is 0.244 e. The molecule has 1 fully saturated rings. The molecule has 1 aromatic carbocycles. The average Bonchev–Trinajstić information content (AvgIpc) is 2.64. The third kappa shape index (κ3) is 2.76. The summed E-state index contributed by atoms with van der Waals surface area (Å²) in [5.74, 6) is -0.748. The Hall–Kier alpha value is -1.13. The highest BCUT2D eigenvalue weighted by molar-refractivity contribution is 6.30. The lowest BCUT2D eigenvalue weighted by Gasteiger charge is -2.22. The van der Waals surface area contributed by atoms with Gasteiger partial charge in [0, 0.05) is 10.7 Å². The first-order valence-corrected chi connectivity index (χ1v) is 5.94. The number of hydrogen-bond donors (Lipinski definition) is 2. The molecule has 0 heterocycles. The van der Waals surface area contributed by atoms with Gasteiger partial charge in [-0.25, -0.2) is 4.39 Å². The van der Waals surface area contributed by atoms with Gasteiger partial charge in [-0.1, -0.05) is 24.4 Å². The smallest absolute Gasteiger partial charge is 0.244 e. The van der Waals surface area contributed by atoms with Crippen molar-refractivity contribution in [1.29, 1.82) is 0 Å². The van der Waals surface area contributed by atoms with Gasteiger partial charge in [0.1, 0.15) is 5.82 Å². The van der Waals surface area contributed by atoms with E-state index in [9.17, 15) is 9.18 Å². The van der Waals surface area contributed by atoms with Crippen molar-refractivity contribution >= 4 is 23.2 Å². The third-order valence-corrected chi connectivity index (χ3v) is 3.29. The minimum Gasteiger partial charge on any atom is -0.324 e. The molecule has 2 rings (SSSR count). The van der Waals surface area contributed by atoms with Crippen molar-refractivity contribution < 1.29 is 9.18 Å². The zero-order valence-electron chi connectivity index (χ0n) is 9.30. The number of rotatable bonds is 2. The lowest BCUT2D eigenvalue weighted by Crippen LogP contribution is -2.48. The molecule has 0 saturated heterocycles. The quantitative estimate of drug-likeness (QED) is 0.855. The van der Waals surface area contributed by atoms with E-state index in [0.29, 0.717) is 18.5 Å². The number of nitrogens with one attached hydrogen (secondary N) is 1. The van der Waals surface area contributed by atoms with E-state index in [4.69, 9.17) is 17.3 Å². The molecular weight excluding hydrogens is 243 g/mol. The average molecular weight is 257 g/mol. The van der Waals surface area contributed by atoms with Crippen LogP contribution in [0.2, 0.25) is 5.02 Å². The van der Waals surface area contributed by atoms with E-state index in [1.165, 1.54) is 18.2 Å². The second-order valence-corrected chi connectivity index (χ2v) is 4.91. The fourth-order valence-corrected chi connectivity index (χ4v) is 2.34. The number of carbonyl (C=O) groups excluding carboxylic acids is 1. The topological polar surface area (TPSA) is 55.1 Å². The van der Waals surface area contributed by atoms with Crippen LogP contribution < -0.4 is 11.1 Å². The number of hydrogen-bond acceptors (Lipinski definition) is 2. The molecular formula is C12H14ClFN2O. The third-order valence-electron chi connectivity index (χ3n) is 3.07. The number of anilines is 1. The van der Waals surface area contributed by atoms with Crippen LogP contribution in [-0.2, 0) is 4.79 Å². The van der Waals surface area contributed by atoms with E-state index in [1.807, 2.05) is 0 Å². The van der Waals surface area contributed by atoms with Crippen LogP contribution >= 0.6 is 11.6 Å². The summed E-state index contributed by atoms with van der Waals surface area (Å²) in [6, 6.07) is 3.91. The molecule has 3 N–H and O–H groups in total. The van der Waals surface area contributed by atoms with E-state index in [1.54, 1.807) is 0 Å². The summed E-state index contributed by atoms with van der Waals surface area (Å²) in [6.45, 7) is 0. The predicted molar refractivity (Wildman–Crippen MR) is 65.4 cm³/mol. The van der Waals surface area contributed by atoms with Gasteiger partial charge in [0.2, 0.25) is 5.91 Å². The van der Waals surface area contributed by atoms with Gasteiger partial charge in [0.05, 0.1) is 5.54 Å². The van der Waals surface area contributed by atoms with Crippen LogP contribution in [0.5, 0.6) is 0 Å². The summed E-state index contributed by atoms with van der Waals surface area (Å²) in [6.07, 6.45) is 3.24. The first kappa shape index (κ1) is 12.3. The highest BCUT2D eigenvalue weighted by atomic mass is 35.5. The van der Waals surface area contributed by atoms with E-state index in [-0.39, 0.29) is 10.9 Å². The Balaban J connectivity index is 2.12. The van der Waals surface area contributed by atoms with Crippen molar-refractivity contribution in [3.05, 3.63) is 29.0 Å². The van der Waals surface area contributed by atoms with E-state index < -0.39 is 11.4 Å². The van der Waals surface area contributed by atoms with Gasteiger partial charge >= 0.3 is 0 Å². The molecule has 17 heavy (non-hydrogen) atoms. The molecule has 0 aliphatic heterocycles. The number of benzene rings is 1. The summed E-state index contributed by atoms with van der Waals surface area (Å²) in [5.41, 5.74) is 5.51. The highest BCUT2D eigenvalue weighted by Gasteiger charge is 2.36. The number of carbonyl (C=O) groups is 1. The Morgan fingerprint density at radius 1 is 1.35 bits per heavy atom. The fourth-order valence-electron chi connectivity index (χ4n) is 2.11. The molecule has 5 heteroatoms. The molecule has 1 aliphatic rings. The van der Waals surface area contributed by atoms with Crippen LogP contribution in [0.4, 0.5) is 10.1 Å². The second kappa shape index (κ2) is 4.63. The van der Waals surface area contributed by atoms with Crippen molar-refractivity contribution in [1.82, 2.24) is 0 Å². The molecule has 1 saturated carbocycles. The molecule has 1 amide bonds. The van der Waals surface area contributed by atoms with Crippen LogP contribution in [-0.4, -0.2) is 11.4 Å². The minimum absolute atomic E-state index is 0.248. The molecule has 92 valence electrons. The standard InChI is InChI=1S/C12H14ClFN2O/c13-8-5-9(14)7-10(6-8)16-11(17)12(15)3-1-2-4-12/h5-7H,1-4,15H2,(H,16,17). The van der Waals surface area contributed by atoms with Gasteiger partial charge in [-0.3, -0.25) is 4.79 Å². The van der Waals surface area contributed by atoms with Crippen LogP contribution in [0.25, 0.3) is 0 Å². The molecule has 0 aromatic heterocycles. The van der Waals surface area contributed by atoms with Crippen LogP contribution in [0.3, 0.4) is 0 Å². The number of nitrogens with two attached hydrogens (primary N) is 1. The zero-order valence-corrected chi connectivity index (χ0v) is 10.1. The maximum atomic E-state index is 13.1. The van der Waals surface area contributed by atoms with Gasteiger partial charge in [-0.05, 0) is 31.0 Å². The van der Waals surface area contributed by atoms with Gasteiger partial charge in [-0.2, -0.15) is 0 Å². The number of halogens is 2. The minimum atomic E-state index is -0.821. The van der Waals surface area contributed by atoms with E-state index >= 15 is 0 Å². The van der Waals surface area contributed by atoms with Crippen molar-refractivity contribution in [2.24, 2.45) is 5.73 Å². The molecule has 0 radical (unpaired) electrons. The first-order valence-electron chi connectivity index (χ1n) is 5.56. The summed E-state index contributed by atoms with van der Waals surface area (Å²) in [7, 11) is 0. The molecule has 0 spiro atoms. The maximum absolute atomic E-state index is 13.1. The summed E-state index contributed by atoms with van der Waals surface area (Å²) < 4.78 is 13.1. The predicted octanol–water partition coefficient (Wildman–Crippen LogP) is 2.69. The molecule has 1 aliphatic carbocycles. The lowest BCUT2D eigenvalue weighted by atomic mass is 9.98. The van der Waals surface area contributed by atoms with Gasteiger partial charge in [0.25, 0.3) is 0 Å². The molecule has 0 bridgehead atoms. The van der Waals surface area contributed by atoms with Crippen LogP contribution in [0.1, 0.15) is 25.7 Å². The monoisotopic (exact) mass is 256 g/mol. The van der Waals surface area contributed by atoms with Crippen LogP contribution in [0, 0.1) is 5.82 Å². The van der Waals surface area contributed by atoms with Crippen molar-refractivity contribution in [2.45, 2.75) is 31.2 Å².